The molecule has 2 aromatic heterocycles. The van der Waals surface area contributed by atoms with Crippen molar-refractivity contribution in [3.8, 4) is 16.2 Å². The van der Waals surface area contributed by atoms with Crippen LogP contribution < -0.4 is 10.1 Å². The first-order chi connectivity index (χ1) is 16.0. The van der Waals surface area contributed by atoms with E-state index in [4.69, 9.17) is 14.2 Å². The summed E-state index contributed by atoms with van der Waals surface area (Å²) in [5, 5.41) is 6.71. The number of ether oxygens (including phenoxy) is 3. The van der Waals surface area contributed by atoms with Gasteiger partial charge in [0, 0.05) is 15.8 Å². The smallest absolute Gasteiger partial charge is 0.344 e. The molecule has 0 bridgehead atoms. The highest BCUT2D eigenvalue weighted by Gasteiger charge is 2.23. The van der Waals surface area contributed by atoms with Crippen LogP contribution in [0, 0.1) is 0 Å². The zero-order valence-electron chi connectivity index (χ0n) is 18.1. The number of amides is 1. The Morgan fingerprint density at radius 2 is 1.88 bits per heavy atom. The van der Waals surface area contributed by atoms with E-state index in [1.54, 1.807) is 12.3 Å². The second-order valence-electron chi connectivity index (χ2n) is 7.33. The molecule has 2 heterocycles. The molecule has 4 rings (SSSR count). The molecular weight excluding hydrogens is 462 g/mol. The minimum atomic E-state index is -0.651. The molecule has 9 heteroatoms. The molecule has 1 aromatic carbocycles. The summed E-state index contributed by atoms with van der Waals surface area (Å²) in [6.45, 7) is 1.16. The Kier molecular flexibility index (Phi) is 7.41. The number of carbonyl (C=O) groups is 3. The first-order valence-corrected chi connectivity index (χ1v) is 12.3. The average Bonchev–Trinajstić information content (AvgIpc) is 3.56. The molecular formula is C24H23NO6S2. The van der Waals surface area contributed by atoms with Crippen LogP contribution in [0.2, 0.25) is 0 Å². The van der Waals surface area contributed by atoms with Crippen molar-refractivity contribution in [3.63, 3.8) is 0 Å². The maximum Gasteiger partial charge on any atom is 0.344 e. The van der Waals surface area contributed by atoms with E-state index in [9.17, 15) is 14.4 Å². The zero-order chi connectivity index (χ0) is 23.2. The van der Waals surface area contributed by atoms with Crippen molar-refractivity contribution in [2.24, 2.45) is 0 Å². The van der Waals surface area contributed by atoms with Gasteiger partial charge in [0.25, 0.3) is 5.91 Å². The van der Waals surface area contributed by atoms with Crippen LogP contribution in [0.3, 0.4) is 0 Å². The molecule has 1 aliphatic carbocycles. The maximum absolute atomic E-state index is 12.5. The number of nitrogens with one attached hydrogen (secondary N) is 1. The van der Waals surface area contributed by atoms with Crippen molar-refractivity contribution in [1.29, 1.82) is 0 Å². The van der Waals surface area contributed by atoms with E-state index in [1.165, 1.54) is 33.8 Å². The maximum atomic E-state index is 12.5. The van der Waals surface area contributed by atoms with Gasteiger partial charge in [-0.2, -0.15) is 0 Å². The fraction of sp³-hybridized carbons (Fsp3) is 0.292. The Labute approximate surface area is 199 Å². The van der Waals surface area contributed by atoms with Gasteiger partial charge >= 0.3 is 11.9 Å². The van der Waals surface area contributed by atoms with Crippen LogP contribution in [0.15, 0.2) is 41.1 Å². The number of thiophene rings is 2. The quantitative estimate of drug-likeness (QED) is 0.442. The third-order valence-electron chi connectivity index (χ3n) is 5.10. The van der Waals surface area contributed by atoms with Gasteiger partial charge in [-0.1, -0.05) is 12.1 Å². The molecule has 0 aliphatic heterocycles. The standard InChI is InChI=1S/C24H23NO6S2/c1-2-29-24(28)22-18(19-7-4-10-32-19)14-33-23(22)25-20(26)12-31-21(27)13-30-17-9-8-15-5-3-6-16(15)11-17/h4,7-11,14H,2-3,5-6,12-13H2,1H3,(H,25,26). The van der Waals surface area contributed by atoms with Crippen molar-refractivity contribution in [2.45, 2.75) is 26.2 Å². The van der Waals surface area contributed by atoms with Crippen molar-refractivity contribution in [1.82, 2.24) is 0 Å². The number of carbonyl (C=O) groups excluding carboxylic acids is 3. The second-order valence-corrected chi connectivity index (χ2v) is 9.16. The molecule has 0 spiro atoms. The number of fused-ring (bicyclic) bond motifs is 1. The second kappa shape index (κ2) is 10.6. The SMILES string of the molecule is CCOC(=O)c1c(-c2cccs2)csc1NC(=O)COC(=O)COc1ccc2c(c1)CCC2. The van der Waals surface area contributed by atoms with Gasteiger partial charge in [-0.25, -0.2) is 9.59 Å². The number of aryl methyl sites for hydroxylation is 2. The average molecular weight is 486 g/mol. The highest BCUT2D eigenvalue weighted by molar-refractivity contribution is 7.17. The van der Waals surface area contributed by atoms with Crippen LogP contribution in [0.25, 0.3) is 10.4 Å². The summed E-state index contributed by atoms with van der Waals surface area (Å²) in [5.74, 6) is -1.11. The molecule has 3 aromatic rings. The third-order valence-corrected chi connectivity index (χ3v) is 6.90. The number of hydrogen-bond acceptors (Lipinski definition) is 8. The van der Waals surface area contributed by atoms with E-state index in [0.29, 0.717) is 21.9 Å². The number of esters is 2. The lowest BCUT2D eigenvalue weighted by Crippen LogP contribution is -2.24. The molecule has 0 atom stereocenters. The molecule has 1 amide bonds. The third kappa shape index (κ3) is 5.61. The molecule has 0 radical (unpaired) electrons. The Morgan fingerprint density at radius 3 is 2.67 bits per heavy atom. The van der Waals surface area contributed by atoms with E-state index in [-0.39, 0.29) is 13.2 Å². The van der Waals surface area contributed by atoms with Gasteiger partial charge in [0.15, 0.2) is 13.2 Å². The van der Waals surface area contributed by atoms with Gasteiger partial charge in [-0.05, 0) is 60.9 Å². The first-order valence-electron chi connectivity index (χ1n) is 10.6. The molecule has 7 nitrogen and oxygen atoms in total. The summed E-state index contributed by atoms with van der Waals surface area (Å²) in [4.78, 5) is 37.8. The minimum absolute atomic E-state index is 0.216. The fourth-order valence-corrected chi connectivity index (χ4v) is 5.39. The number of hydrogen-bond donors (Lipinski definition) is 1. The highest BCUT2D eigenvalue weighted by Crippen LogP contribution is 2.38. The van der Waals surface area contributed by atoms with Crippen LogP contribution in [0.5, 0.6) is 5.75 Å². The Bertz CT molecular complexity index is 1150. The van der Waals surface area contributed by atoms with E-state index in [0.717, 1.165) is 24.1 Å². The van der Waals surface area contributed by atoms with E-state index >= 15 is 0 Å². The summed E-state index contributed by atoms with van der Waals surface area (Å²) in [6, 6.07) is 9.58. The van der Waals surface area contributed by atoms with Crippen molar-refractivity contribution in [2.75, 3.05) is 25.1 Å². The summed E-state index contributed by atoms with van der Waals surface area (Å²) < 4.78 is 15.7. The van der Waals surface area contributed by atoms with Gasteiger partial charge in [-0.3, -0.25) is 4.79 Å². The molecule has 172 valence electrons. The van der Waals surface area contributed by atoms with Crippen LogP contribution in [0.4, 0.5) is 5.00 Å². The monoisotopic (exact) mass is 485 g/mol. The molecule has 1 aliphatic rings. The van der Waals surface area contributed by atoms with E-state index < -0.39 is 24.5 Å². The predicted molar refractivity (Wildman–Crippen MR) is 127 cm³/mol. The normalized spacial score (nSPS) is 12.2. The minimum Gasteiger partial charge on any atom is -0.482 e. The summed E-state index contributed by atoms with van der Waals surface area (Å²) in [5.41, 5.74) is 3.56. The lowest BCUT2D eigenvalue weighted by Gasteiger charge is -2.10. The Morgan fingerprint density at radius 1 is 1.03 bits per heavy atom. The lowest BCUT2D eigenvalue weighted by atomic mass is 10.1. The molecule has 0 fully saturated rings. The van der Waals surface area contributed by atoms with Crippen molar-refractivity contribution < 1.29 is 28.6 Å². The molecule has 33 heavy (non-hydrogen) atoms. The summed E-state index contributed by atoms with van der Waals surface area (Å²) in [7, 11) is 0. The lowest BCUT2D eigenvalue weighted by molar-refractivity contribution is -0.149. The van der Waals surface area contributed by atoms with Gasteiger partial charge in [0.2, 0.25) is 0 Å². The van der Waals surface area contributed by atoms with Gasteiger partial charge in [-0.15, -0.1) is 22.7 Å². The number of anilines is 1. The molecule has 0 unspecified atom stereocenters. The number of benzene rings is 1. The van der Waals surface area contributed by atoms with E-state index in [1.807, 2.05) is 35.7 Å². The first kappa shape index (κ1) is 23.0. The molecule has 1 N–H and O–H groups in total. The topological polar surface area (TPSA) is 90.9 Å². The van der Waals surface area contributed by atoms with Crippen LogP contribution in [0.1, 0.15) is 34.8 Å². The molecule has 0 saturated carbocycles. The fourth-order valence-electron chi connectivity index (χ4n) is 3.60. The van der Waals surface area contributed by atoms with Crippen LogP contribution >= 0.6 is 22.7 Å². The Hall–Kier alpha value is -3.17. The van der Waals surface area contributed by atoms with Crippen LogP contribution in [-0.2, 0) is 31.9 Å². The predicted octanol–water partition coefficient (Wildman–Crippen LogP) is 4.70. The molecule has 0 saturated heterocycles. The summed E-state index contributed by atoms with van der Waals surface area (Å²) >= 11 is 2.70. The van der Waals surface area contributed by atoms with Crippen molar-refractivity contribution >= 4 is 45.5 Å². The van der Waals surface area contributed by atoms with E-state index in [2.05, 4.69) is 5.32 Å². The van der Waals surface area contributed by atoms with Crippen LogP contribution in [-0.4, -0.2) is 37.7 Å². The zero-order valence-corrected chi connectivity index (χ0v) is 19.7. The highest BCUT2D eigenvalue weighted by atomic mass is 32.1. The summed E-state index contributed by atoms with van der Waals surface area (Å²) in [6.07, 6.45) is 3.22. The van der Waals surface area contributed by atoms with Gasteiger partial charge < -0.3 is 19.5 Å². The van der Waals surface area contributed by atoms with Gasteiger partial charge in [0.1, 0.15) is 16.3 Å². The number of rotatable bonds is 9. The Balaban J connectivity index is 1.32. The van der Waals surface area contributed by atoms with Crippen molar-refractivity contribution in [3.05, 3.63) is 57.8 Å². The van der Waals surface area contributed by atoms with Gasteiger partial charge in [0.05, 0.1) is 6.61 Å². The largest absolute Gasteiger partial charge is 0.482 e.